The topological polar surface area (TPSA) is 38.0 Å². The fraction of sp³-hybridized carbons (Fsp3) is 0.571. The van der Waals surface area contributed by atoms with E-state index in [0.717, 1.165) is 15.7 Å². The molecule has 1 aliphatic carbocycles. The summed E-state index contributed by atoms with van der Waals surface area (Å²) in [6.45, 7) is 2.06. The summed E-state index contributed by atoms with van der Waals surface area (Å²) in [4.78, 5) is 0. The predicted octanol–water partition coefficient (Wildman–Crippen LogP) is 4.47. The first-order valence-electron chi connectivity index (χ1n) is 6.49. The highest BCUT2D eigenvalue weighted by atomic mass is 79.9. The van der Waals surface area contributed by atoms with Gasteiger partial charge in [0.05, 0.1) is 0 Å². The van der Waals surface area contributed by atoms with Crippen LogP contribution in [0.25, 0.3) is 0 Å². The van der Waals surface area contributed by atoms with Crippen LogP contribution in [-0.4, -0.2) is 6.04 Å². The third-order valence-electron chi connectivity index (χ3n) is 3.57. The first kappa shape index (κ1) is 12.7. The van der Waals surface area contributed by atoms with Crippen molar-refractivity contribution in [2.45, 2.75) is 51.5 Å². The van der Waals surface area contributed by atoms with E-state index in [1.807, 2.05) is 6.07 Å². The Hall–Kier alpha value is -0.700. The second-order valence-corrected chi connectivity index (χ2v) is 5.88. The van der Waals surface area contributed by atoms with Gasteiger partial charge < -0.3 is 11.1 Å². The van der Waals surface area contributed by atoms with Crippen molar-refractivity contribution in [1.29, 1.82) is 0 Å². The molecule has 1 aromatic carbocycles. The molecule has 1 saturated carbocycles. The van der Waals surface area contributed by atoms with Gasteiger partial charge in [-0.15, -0.1) is 0 Å². The molecule has 0 unspecified atom stereocenters. The molecule has 0 saturated heterocycles. The van der Waals surface area contributed by atoms with E-state index in [9.17, 15) is 0 Å². The van der Waals surface area contributed by atoms with Crippen LogP contribution in [-0.2, 0) is 0 Å². The van der Waals surface area contributed by atoms with Crippen molar-refractivity contribution >= 4 is 27.3 Å². The highest BCUT2D eigenvalue weighted by molar-refractivity contribution is 9.10. The molecule has 1 fully saturated rings. The van der Waals surface area contributed by atoms with E-state index < -0.39 is 0 Å². The van der Waals surface area contributed by atoms with E-state index in [1.165, 1.54) is 44.2 Å². The highest BCUT2D eigenvalue weighted by Gasteiger charge is 2.13. The summed E-state index contributed by atoms with van der Waals surface area (Å²) in [6.07, 6.45) is 8.05. The van der Waals surface area contributed by atoms with E-state index in [0.29, 0.717) is 6.04 Å². The number of aryl methyl sites for hydroxylation is 1. The van der Waals surface area contributed by atoms with Gasteiger partial charge in [0, 0.05) is 21.9 Å². The molecule has 3 heteroatoms. The van der Waals surface area contributed by atoms with Gasteiger partial charge in [0.25, 0.3) is 0 Å². The summed E-state index contributed by atoms with van der Waals surface area (Å²) >= 11 is 3.59. The molecule has 1 aliphatic rings. The molecule has 2 rings (SSSR count). The first-order valence-corrected chi connectivity index (χ1v) is 7.28. The molecule has 0 aromatic heterocycles. The van der Waals surface area contributed by atoms with Crippen molar-refractivity contribution < 1.29 is 0 Å². The minimum absolute atomic E-state index is 0.622. The third kappa shape index (κ3) is 3.38. The molecule has 3 N–H and O–H groups in total. The van der Waals surface area contributed by atoms with Crippen LogP contribution >= 0.6 is 15.9 Å². The Morgan fingerprint density at radius 2 is 1.82 bits per heavy atom. The monoisotopic (exact) mass is 296 g/mol. The van der Waals surface area contributed by atoms with Gasteiger partial charge in [-0.2, -0.15) is 0 Å². The molecule has 1 aromatic rings. The number of nitrogens with one attached hydrogen (secondary N) is 1. The molecule has 17 heavy (non-hydrogen) atoms. The van der Waals surface area contributed by atoms with Crippen molar-refractivity contribution in [2.24, 2.45) is 0 Å². The molecule has 0 heterocycles. The Morgan fingerprint density at radius 3 is 2.47 bits per heavy atom. The number of rotatable bonds is 2. The molecule has 2 nitrogen and oxygen atoms in total. The average molecular weight is 297 g/mol. The Labute approximate surface area is 112 Å². The minimum Gasteiger partial charge on any atom is -0.398 e. The third-order valence-corrected chi connectivity index (χ3v) is 4.23. The maximum Gasteiger partial charge on any atom is 0.0490 e. The largest absolute Gasteiger partial charge is 0.398 e. The van der Waals surface area contributed by atoms with Crippen LogP contribution in [0.4, 0.5) is 11.4 Å². The standard InChI is InChI=1S/C14H21BrN2/c1-10-8-14(12(15)9-13(10)16)17-11-6-4-2-3-5-7-11/h8-9,11,17H,2-7,16H2,1H3. The molecule has 94 valence electrons. The van der Waals surface area contributed by atoms with Gasteiger partial charge in [-0.05, 0) is 53.4 Å². The zero-order valence-corrected chi connectivity index (χ0v) is 12.0. The van der Waals surface area contributed by atoms with E-state index in [2.05, 4.69) is 34.2 Å². The number of hydrogen-bond donors (Lipinski definition) is 2. The van der Waals surface area contributed by atoms with E-state index in [-0.39, 0.29) is 0 Å². The fourth-order valence-electron chi connectivity index (χ4n) is 2.45. The summed E-state index contributed by atoms with van der Waals surface area (Å²) in [5.41, 5.74) is 9.07. The lowest BCUT2D eigenvalue weighted by Gasteiger charge is -2.19. The summed E-state index contributed by atoms with van der Waals surface area (Å²) in [5, 5.41) is 3.65. The molecule has 0 spiro atoms. The predicted molar refractivity (Wildman–Crippen MR) is 78.4 cm³/mol. The van der Waals surface area contributed by atoms with Gasteiger partial charge in [-0.25, -0.2) is 0 Å². The van der Waals surface area contributed by atoms with Crippen molar-refractivity contribution in [3.8, 4) is 0 Å². The lowest BCUT2D eigenvalue weighted by Crippen LogP contribution is -2.18. The number of nitrogens with two attached hydrogens (primary N) is 1. The molecule has 0 atom stereocenters. The first-order chi connectivity index (χ1) is 8.16. The van der Waals surface area contributed by atoms with Crippen molar-refractivity contribution in [1.82, 2.24) is 0 Å². The van der Waals surface area contributed by atoms with Crippen molar-refractivity contribution in [3.63, 3.8) is 0 Å². The van der Waals surface area contributed by atoms with Gasteiger partial charge in [0.15, 0.2) is 0 Å². The summed E-state index contributed by atoms with van der Waals surface area (Å²) in [7, 11) is 0. The number of hydrogen-bond acceptors (Lipinski definition) is 2. The normalized spacial score (nSPS) is 17.8. The van der Waals surface area contributed by atoms with Gasteiger partial charge >= 0.3 is 0 Å². The van der Waals surface area contributed by atoms with Crippen molar-refractivity contribution in [2.75, 3.05) is 11.1 Å². The smallest absolute Gasteiger partial charge is 0.0490 e. The van der Waals surface area contributed by atoms with Gasteiger partial charge in [-0.1, -0.05) is 25.7 Å². The van der Waals surface area contributed by atoms with Gasteiger partial charge in [0.1, 0.15) is 0 Å². The average Bonchev–Trinajstić information content (AvgIpc) is 2.54. The fourth-order valence-corrected chi connectivity index (χ4v) is 2.93. The zero-order chi connectivity index (χ0) is 12.3. The number of benzene rings is 1. The van der Waals surface area contributed by atoms with Crippen LogP contribution in [0.1, 0.15) is 44.1 Å². The summed E-state index contributed by atoms with van der Waals surface area (Å²) in [5.74, 6) is 0. The maximum absolute atomic E-state index is 5.89. The van der Waals surface area contributed by atoms with E-state index in [1.54, 1.807) is 0 Å². The Morgan fingerprint density at radius 1 is 1.18 bits per heavy atom. The lowest BCUT2D eigenvalue weighted by atomic mass is 10.1. The van der Waals surface area contributed by atoms with Gasteiger partial charge in [-0.3, -0.25) is 0 Å². The molecule has 0 radical (unpaired) electrons. The number of halogens is 1. The van der Waals surface area contributed by atoms with Crippen LogP contribution in [0.5, 0.6) is 0 Å². The number of anilines is 2. The number of nitrogen functional groups attached to an aromatic ring is 1. The highest BCUT2D eigenvalue weighted by Crippen LogP contribution is 2.30. The van der Waals surface area contributed by atoms with Crippen LogP contribution in [0, 0.1) is 6.92 Å². The molecule has 0 bridgehead atoms. The minimum atomic E-state index is 0.622. The van der Waals surface area contributed by atoms with Crippen LogP contribution in [0.3, 0.4) is 0 Å². The molecule has 0 aliphatic heterocycles. The maximum atomic E-state index is 5.89. The van der Waals surface area contributed by atoms with Crippen LogP contribution in [0.15, 0.2) is 16.6 Å². The van der Waals surface area contributed by atoms with Crippen molar-refractivity contribution in [3.05, 3.63) is 22.2 Å². The zero-order valence-electron chi connectivity index (χ0n) is 10.4. The second kappa shape index (κ2) is 5.76. The summed E-state index contributed by atoms with van der Waals surface area (Å²) < 4.78 is 1.07. The quantitative estimate of drug-likeness (QED) is 0.624. The lowest BCUT2D eigenvalue weighted by molar-refractivity contribution is 0.620. The Bertz CT molecular complexity index is 382. The van der Waals surface area contributed by atoms with E-state index in [4.69, 9.17) is 5.73 Å². The molecular formula is C14H21BrN2. The Kier molecular flexibility index (Phi) is 4.32. The SMILES string of the molecule is Cc1cc(NC2CCCCCC2)c(Br)cc1N. The molecular weight excluding hydrogens is 276 g/mol. The molecule has 0 amide bonds. The van der Waals surface area contributed by atoms with E-state index >= 15 is 0 Å². The summed E-state index contributed by atoms with van der Waals surface area (Å²) in [6, 6.07) is 4.76. The van der Waals surface area contributed by atoms with Crippen LogP contribution in [0.2, 0.25) is 0 Å². The van der Waals surface area contributed by atoms with Crippen LogP contribution < -0.4 is 11.1 Å². The second-order valence-electron chi connectivity index (χ2n) is 5.02. The van der Waals surface area contributed by atoms with Gasteiger partial charge in [0.2, 0.25) is 0 Å². The Balaban J connectivity index is 2.09.